The van der Waals surface area contributed by atoms with E-state index in [1.54, 1.807) is 23.4 Å². The van der Waals surface area contributed by atoms with Gasteiger partial charge in [0.2, 0.25) is 0 Å². The SMILES string of the molecule is C[C@H](NC(=O)c1c[nH]c2ncc(-c3ccc(C(=O)N4CCC(C)(O)CC4)s3)nc12)C(C)(C)C. The molecule has 4 rings (SSSR count). The van der Waals surface area contributed by atoms with Crippen molar-refractivity contribution in [2.75, 3.05) is 13.1 Å². The zero-order valence-electron chi connectivity index (χ0n) is 19.7. The summed E-state index contributed by atoms with van der Waals surface area (Å²) in [5, 5.41) is 13.2. The molecule has 1 atom stereocenters. The maximum Gasteiger partial charge on any atom is 0.263 e. The van der Waals surface area contributed by atoms with Crippen LogP contribution in [0.2, 0.25) is 0 Å². The number of aromatic amines is 1. The Morgan fingerprint density at radius 3 is 2.64 bits per heavy atom. The number of amides is 2. The molecule has 176 valence electrons. The molecule has 0 spiro atoms. The van der Waals surface area contributed by atoms with Crippen molar-refractivity contribution < 1.29 is 14.7 Å². The smallest absolute Gasteiger partial charge is 0.263 e. The summed E-state index contributed by atoms with van der Waals surface area (Å²) in [6.45, 7) is 11.1. The average molecular weight is 470 g/mol. The fourth-order valence-electron chi connectivity index (χ4n) is 3.61. The predicted octanol–water partition coefficient (Wildman–Crippen LogP) is 3.84. The molecule has 3 aromatic heterocycles. The van der Waals surface area contributed by atoms with Crippen molar-refractivity contribution in [3.63, 3.8) is 0 Å². The van der Waals surface area contributed by atoms with E-state index in [1.807, 2.05) is 19.9 Å². The van der Waals surface area contributed by atoms with Crippen molar-refractivity contribution in [3.05, 3.63) is 35.0 Å². The molecule has 33 heavy (non-hydrogen) atoms. The highest BCUT2D eigenvalue weighted by molar-refractivity contribution is 7.17. The fourth-order valence-corrected chi connectivity index (χ4v) is 4.54. The number of aromatic nitrogens is 3. The van der Waals surface area contributed by atoms with Crippen LogP contribution in [0.25, 0.3) is 21.7 Å². The van der Waals surface area contributed by atoms with Gasteiger partial charge >= 0.3 is 0 Å². The summed E-state index contributed by atoms with van der Waals surface area (Å²) in [6.07, 6.45) is 4.43. The van der Waals surface area contributed by atoms with E-state index in [4.69, 9.17) is 4.98 Å². The first kappa shape index (κ1) is 23.4. The molecule has 0 aliphatic carbocycles. The molecule has 1 aliphatic heterocycles. The van der Waals surface area contributed by atoms with Crippen molar-refractivity contribution in [1.29, 1.82) is 0 Å². The number of nitrogens with one attached hydrogen (secondary N) is 2. The molecule has 2 amide bonds. The second-order valence-electron chi connectivity index (χ2n) is 10.2. The molecule has 1 saturated heterocycles. The first-order valence-electron chi connectivity index (χ1n) is 11.2. The number of aliphatic hydroxyl groups is 1. The highest BCUT2D eigenvalue weighted by Gasteiger charge is 2.30. The van der Waals surface area contributed by atoms with Crippen LogP contribution in [0.4, 0.5) is 0 Å². The summed E-state index contributed by atoms with van der Waals surface area (Å²) in [4.78, 5) is 41.2. The Balaban J connectivity index is 1.55. The normalized spacial score (nSPS) is 17.2. The molecule has 3 N–H and O–H groups in total. The number of piperidine rings is 1. The molecule has 1 aliphatic rings. The monoisotopic (exact) mass is 469 g/mol. The van der Waals surface area contributed by atoms with E-state index in [2.05, 4.69) is 36.1 Å². The van der Waals surface area contributed by atoms with Crippen LogP contribution in [-0.2, 0) is 0 Å². The van der Waals surface area contributed by atoms with Gasteiger partial charge in [-0.05, 0) is 44.2 Å². The van der Waals surface area contributed by atoms with Gasteiger partial charge in [-0.25, -0.2) is 9.97 Å². The lowest BCUT2D eigenvalue weighted by atomic mass is 9.88. The van der Waals surface area contributed by atoms with Crippen LogP contribution in [0.5, 0.6) is 0 Å². The van der Waals surface area contributed by atoms with Crippen molar-refractivity contribution in [2.45, 2.75) is 59.1 Å². The van der Waals surface area contributed by atoms with Gasteiger partial charge < -0.3 is 20.3 Å². The predicted molar refractivity (Wildman–Crippen MR) is 129 cm³/mol. The third-order valence-corrected chi connectivity index (χ3v) is 7.56. The number of likely N-dealkylation sites (tertiary alicyclic amines) is 1. The van der Waals surface area contributed by atoms with Gasteiger partial charge in [-0.15, -0.1) is 11.3 Å². The fraction of sp³-hybridized carbons (Fsp3) is 0.500. The lowest BCUT2D eigenvalue weighted by Crippen LogP contribution is -2.44. The summed E-state index contributed by atoms with van der Waals surface area (Å²) in [5.41, 5.74) is 1.34. The van der Waals surface area contributed by atoms with Gasteiger partial charge in [0.15, 0.2) is 5.65 Å². The second kappa shape index (κ2) is 8.53. The molecule has 3 aromatic rings. The number of rotatable bonds is 4. The van der Waals surface area contributed by atoms with E-state index < -0.39 is 5.60 Å². The van der Waals surface area contributed by atoms with Crippen LogP contribution in [-0.4, -0.2) is 61.5 Å². The van der Waals surface area contributed by atoms with Crippen LogP contribution in [0.15, 0.2) is 24.5 Å². The molecule has 0 radical (unpaired) electrons. The van der Waals surface area contributed by atoms with Gasteiger partial charge in [-0.3, -0.25) is 9.59 Å². The molecule has 4 heterocycles. The lowest BCUT2D eigenvalue weighted by molar-refractivity contribution is -0.00189. The third kappa shape index (κ3) is 4.94. The van der Waals surface area contributed by atoms with Gasteiger partial charge in [0.1, 0.15) is 5.52 Å². The van der Waals surface area contributed by atoms with Gasteiger partial charge in [0, 0.05) is 25.3 Å². The summed E-state index contributed by atoms with van der Waals surface area (Å²) >= 11 is 1.36. The molecular formula is C24H31N5O3S. The van der Waals surface area contributed by atoms with Gasteiger partial charge in [-0.1, -0.05) is 20.8 Å². The minimum Gasteiger partial charge on any atom is -0.390 e. The number of thiophene rings is 1. The van der Waals surface area contributed by atoms with E-state index in [0.29, 0.717) is 53.2 Å². The maximum absolute atomic E-state index is 12.9. The minimum atomic E-state index is -0.701. The van der Waals surface area contributed by atoms with Gasteiger partial charge in [0.05, 0.1) is 32.8 Å². The van der Waals surface area contributed by atoms with E-state index in [0.717, 1.165) is 4.88 Å². The molecule has 0 bridgehead atoms. The number of hydrogen-bond acceptors (Lipinski definition) is 6. The zero-order valence-corrected chi connectivity index (χ0v) is 20.5. The van der Waals surface area contributed by atoms with Crippen LogP contribution >= 0.6 is 11.3 Å². The Labute approximate surface area is 197 Å². The molecule has 8 nitrogen and oxygen atoms in total. The number of carbonyl (C=O) groups excluding carboxylic acids is 2. The number of fused-ring (bicyclic) bond motifs is 1. The third-order valence-electron chi connectivity index (χ3n) is 6.47. The summed E-state index contributed by atoms with van der Waals surface area (Å²) in [5.74, 6) is -0.230. The van der Waals surface area contributed by atoms with Crippen molar-refractivity contribution in [1.82, 2.24) is 25.2 Å². The van der Waals surface area contributed by atoms with Crippen LogP contribution in [0.3, 0.4) is 0 Å². The molecule has 1 fully saturated rings. The topological polar surface area (TPSA) is 111 Å². The van der Waals surface area contributed by atoms with Crippen LogP contribution < -0.4 is 5.32 Å². The quantitative estimate of drug-likeness (QED) is 0.538. The van der Waals surface area contributed by atoms with Crippen molar-refractivity contribution >= 4 is 34.3 Å². The van der Waals surface area contributed by atoms with E-state index >= 15 is 0 Å². The van der Waals surface area contributed by atoms with Crippen molar-refractivity contribution in [2.24, 2.45) is 5.41 Å². The van der Waals surface area contributed by atoms with E-state index in [9.17, 15) is 14.7 Å². The molecule has 9 heteroatoms. The molecule has 0 unspecified atom stereocenters. The number of carbonyl (C=O) groups is 2. The summed E-state index contributed by atoms with van der Waals surface area (Å²) in [7, 11) is 0. The Hall–Kier alpha value is -2.78. The maximum atomic E-state index is 12.9. The van der Waals surface area contributed by atoms with Gasteiger partial charge in [0.25, 0.3) is 11.8 Å². The number of hydrogen-bond donors (Lipinski definition) is 3. The van der Waals surface area contributed by atoms with Crippen molar-refractivity contribution in [3.8, 4) is 10.6 Å². The Bertz CT molecular complexity index is 1180. The largest absolute Gasteiger partial charge is 0.390 e. The second-order valence-corrected chi connectivity index (χ2v) is 11.3. The van der Waals surface area contributed by atoms with E-state index in [1.165, 1.54) is 11.3 Å². The van der Waals surface area contributed by atoms with E-state index in [-0.39, 0.29) is 23.3 Å². The van der Waals surface area contributed by atoms with Gasteiger partial charge in [-0.2, -0.15) is 0 Å². The molecular weight excluding hydrogens is 438 g/mol. The molecule has 0 saturated carbocycles. The standard InChI is InChI=1S/C24H31N5O3S/c1-14(23(2,3)4)27-21(30)15-12-25-20-19(15)28-16(13-26-20)17-6-7-18(33-17)22(31)29-10-8-24(5,32)9-11-29/h6-7,12-14,32H,8-11H2,1-5H3,(H,25,26)(H,27,30)/t14-/m0/s1. The lowest BCUT2D eigenvalue weighted by Gasteiger charge is -2.35. The number of H-pyrrole nitrogens is 1. The van der Waals surface area contributed by atoms with Crippen LogP contribution in [0.1, 0.15) is 67.5 Å². The average Bonchev–Trinajstić information content (AvgIpc) is 3.39. The Morgan fingerprint density at radius 1 is 1.27 bits per heavy atom. The van der Waals surface area contributed by atoms with Crippen LogP contribution in [0, 0.1) is 5.41 Å². The highest BCUT2D eigenvalue weighted by Crippen LogP contribution is 2.30. The highest BCUT2D eigenvalue weighted by atomic mass is 32.1. The summed E-state index contributed by atoms with van der Waals surface area (Å²) < 4.78 is 0. The first-order valence-corrected chi connectivity index (χ1v) is 12.0. The number of nitrogens with zero attached hydrogens (tertiary/aromatic N) is 3. The first-order chi connectivity index (χ1) is 15.4. The zero-order chi connectivity index (χ0) is 24.0. The molecule has 0 aromatic carbocycles. The summed E-state index contributed by atoms with van der Waals surface area (Å²) in [6, 6.07) is 3.65. The Morgan fingerprint density at radius 2 is 1.97 bits per heavy atom. The Kier molecular flexibility index (Phi) is 6.05. The minimum absolute atomic E-state index is 0.0181.